The van der Waals surface area contributed by atoms with Gasteiger partial charge in [0.15, 0.2) is 12.4 Å². The van der Waals surface area contributed by atoms with Gasteiger partial charge in [-0.25, -0.2) is 9.97 Å². The van der Waals surface area contributed by atoms with Crippen LogP contribution in [0.3, 0.4) is 0 Å². The summed E-state index contributed by atoms with van der Waals surface area (Å²) in [6, 6.07) is 12.1. The second-order valence-electron chi connectivity index (χ2n) is 5.05. The molecule has 5 heteroatoms. The van der Waals surface area contributed by atoms with Gasteiger partial charge in [-0.3, -0.25) is 4.98 Å². The van der Waals surface area contributed by atoms with E-state index in [1.807, 2.05) is 49.6 Å². The van der Waals surface area contributed by atoms with Gasteiger partial charge < -0.3 is 0 Å². The average Bonchev–Trinajstić information content (AvgIpc) is 2.61. The fraction of sp³-hybridized carbons (Fsp3) is 0.111. The molecule has 0 aliphatic rings. The van der Waals surface area contributed by atoms with E-state index in [0.717, 1.165) is 33.2 Å². The number of nitrogens with zero attached hydrogens (tertiary/aromatic N) is 3. The average molecular weight is 319 g/mol. The van der Waals surface area contributed by atoms with Crippen LogP contribution in [0.25, 0.3) is 11.3 Å². The quantitative estimate of drug-likeness (QED) is 0.691. The van der Waals surface area contributed by atoms with E-state index >= 15 is 0 Å². The number of thioether (sulfide) groups is 1. The Bertz CT molecular complexity index is 842. The fourth-order valence-corrected chi connectivity index (χ4v) is 3.22. The van der Waals surface area contributed by atoms with Gasteiger partial charge in [0.2, 0.25) is 0 Å². The first-order valence-corrected chi connectivity index (χ1v) is 8.16. The van der Waals surface area contributed by atoms with Gasteiger partial charge in [0.1, 0.15) is 11.1 Å². The van der Waals surface area contributed by atoms with Gasteiger partial charge in [-0.05, 0) is 42.3 Å². The van der Waals surface area contributed by atoms with Crippen LogP contribution in [-0.2, 0) is 5.75 Å². The number of aromatic nitrogens is 3. The van der Waals surface area contributed by atoms with Crippen LogP contribution in [0, 0.1) is 18.3 Å². The molecule has 0 amide bonds. The van der Waals surface area contributed by atoms with E-state index in [9.17, 15) is 5.26 Å². The van der Waals surface area contributed by atoms with Crippen LogP contribution in [0.5, 0.6) is 0 Å². The van der Waals surface area contributed by atoms with E-state index in [2.05, 4.69) is 16.0 Å². The molecule has 0 saturated carbocycles. The third kappa shape index (κ3) is 3.55. The van der Waals surface area contributed by atoms with E-state index in [1.165, 1.54) is 0 Å². The first-order chi connectivity index (χ1) is 11.3. The highest BCUT2D eigenvalue weighted by molar-refractivity contribution is 7.98. The molecule has 0 spiro atoms. The maximum Gasteiger partial charge on any atom is 0.176 e. The first-order valence-electron chi connectivity index (χ1n) is 7.18. The summed E-state index contributed by atoms with van der Waals surface area (Å²) in [5, 5.41) is 10.2. The maximum atomic E-state index is 9.44. The molecule has 112 valence electrons. The van der Waals surface area contributed by atoms with Crippen molar-refractivity contribution >= 4 is 11.8 Å². The van der Waals surface area contributed by atoms with Crippen molar-refractivity contribution in [2.75, 3.05) is 0 Å². The van der Waals surface area contributed by atoms with Crippen LogP contribution in [0.4, 0.5) is 0 Å². The highest BCUT2D eigenvalue weighted by atomic mass is 32.2. The Labute approximate surface area is 139 Å². The topological polar surface area (TPSA) is 63.7 Å². The molecule has 0 aliphatic heterocycles. The smallest absolute Gasteiger partial charge is 0.176 e. The highest BCUT2D eigenvalue weighted by Crippen LogP contribution is 2.29. The zero-order valence-corrected chi connectivity index (χ0v) is 13.5. The Morgan fingerprint density at radius 2 is 2.09 bits per heavy atom. The molecule has 0 bridgehead atoms. The monoisotopic (exact) mass is 319 g/mol. The first kappa shape index (κ1) is 15.2. The number of hydrogen-bond acceptors (Lipinski definition) is 4. The van der Waals surface area contributed by atoms with Gasteiger partial charge in [-0.2, -0.15) is 5.26 Å². The van der Waals surface area contributed by atoms with Crippen molar-refractivity contribution in [3.63, 3.8) is 0 Å². The fourth-order valence-electron chi connectivity index (χ4n) is 2.22. The summed E-state index contributed by atoms with van der Waals surface area (Å²) in [4.78, 5) is 11.8. The summed E-state index contributed by atoms with van der Waals surface area (Å²) in [5.74, 6) is 0.758. The van der Waals surface area contributed by atoms with Crippen molar-refractivity contribution in [3.05, 3.63) is 71.8 Å². The molecule has 23 heavy (non-hydrogen) atoms. The Morgan fingerprint density at radius 3 is 2.78 bits per heavy atom. The van der Waals surface area contributed by atoms with Crippen LogP contribution in [0.1, 0.15) is 16.7 Å². The molecule has 1 N–H and O–H groups in total. The number of aryl methyl sites for hydroxylation is 1. The number of pyridine rings is 3. The van der Waals surface area contributed by atoms with E-state index in [4.69, 9.17) is 4.98 Å². The summed E-state index contributed by atoms with van der Waals surface area (Å²) in [6.07, 6.45) is 7.32. The lowest BCUT2D eigenvalue weighted by Gasteiger charge is -2.09. The van der Waals surface area contributed by atoms with Crippen molar-refractivity contribution in [3.8, 4) is 17.3 Å². The van der Waals surface area contributed by atoms with Crippen LogP contribution in [0.15, 0.2) is 60.1 Å². The molecule has 3 heterocycles. The number of rotatable bonds is 4. The molecule has 0 aliphatic carbocycles. The lowest BCUT2D eigenvalue weighted by Crippen LogP contribution is -2.01. The molecule has 3 rings (SSSR count). The molecule has 3 aromatic rings. The van der Waals surface area contributed by atoms with Crippen LogP contribution in [-0.4, -0.2) is 9.97 Å². The number of nitrogens with one attached hydrogen (secondary N) is 1. The number of nitriles is 1. The normalized spacial score (nSPS) is 10.3. The summed E-state index contributed by atoms with van der Waals surface area (Å²) in [7, 11) is 0. The van der Waals surface area contributed by atoms with E-state index in [-0.39, 0.29) is 0 Å². The molecule has 0 atom stereocenters. The zero-order chi connectivity index (χ0) is 16.1. The predicted octanol–water partition coefficient (Wildman–Crippen LogP) is 3.43. The van der Waals surface area contributed by atoms with E-state index in [1.54, 1.807) is 24.2 Å². The molecule has 0 unspecified atom stereocenters. The number of H-pyrrole nitrogens is 1. The maximum absolute atomic E-state index is 9.44. The second-order valence-corrected chi connectivity index (χ2v) is 6.02. The second kappa shape index (κ2) is 7.03. The molecular formula is C18H15N4S+. The molecule has 0 radical (unpaired) electrons. The SMILES string of the molecule is Cc1cc(-c2ccc[nH+]c2)nc(SCc2ccncc2)c1C#N. The van der Waals surface area contributed by atoms with Crippen molar-refractivity contribution in [2.24, 2.45) is 0 Å². The highest BCUT2D eigenvalue weighted by Gasteiger charge is 2.12. The standard InChI is InChI=1S/C18H14N4S/c1-13-9-17(15-3-2-6-21-11-15)22-18(16(13)10-19)23-12-14-4-7-20-8-5-14/h2-9,11H,12H2,1H3/p+1. The summed E-state index contributed by atoms with van der Waals surface area (Å²) >= 11 is 1.58. The molecule has 0 fully saturated rings. The van der Waals surface area contributed by atoms with E-state index < -0.39 is 0 Å². The Kier molecular flexibility index (Phi) is 4.65. The molecule has 4 nitrogen and oxygen atoms in total. The molecular weight excluding hydrogens is 304 g/mol. The Hall–Kier alpha value is -2.71. The van der Waals surface area contributed by atoms with E-state index in [0.29, 0.717) is 5.56 Å². The van der Waals surface area contributed by atoms with Gasteiger partial charge in [-0.15, -0.1) is 11.8 Å². The van der Waals surface area contributed by atoms with Crippen LogP contribution >= 0.6 is 11.8 Å². The predicted molar refractivity (Wildman–Crippen MR) is 89.5 cm³/mol. The van der Waals surface area contributed by atoms with Crippen LogP contribution < -0.4 is 4.98 Å². The lowest BCUT2D eigenvalue weighted by molar-refractivity contribution is -0.377. The van der Waals surface area contributed by atoms with Gasteiger partial charge in [0.25, 0.3) is 0 Å². The Morgan fingerprint density at radius 1 is 1.26 bits per heavy atom. The third-order valence-electron chi connectivity index (χ3n) is 3.42. The zero-order valence-electron chi connectivity index (χ0n) is 12.7. The minimum Gasteiger partial charge on any atom is -0.265 e. The molecule has 0 saturated heterocycles. The van der Waals surface area contributed by atoms with Gasteiger partial charge in [0.05, 0.1) is 16.8 Å². The minimum absolute atomic E-state index is 0.646. The summed E-state index contributed by atoms with van der Waals surface area (Å²) in [6.45, 7) is 1.95. The van der Waals surface area contributed by atoms with Crippen LogP contribution in [0.2, 0.25) is 0 Å². The van der Waals surface area contributed by atoms with Gasteiger partial charge in [-0.1, -0.05) is 0 Å². The van der Waals surface area contributed by atoms with Gasteiger partial charge in [0, 0.05) is 24.2 Å². The summed E-state index contributed by atoms with van der Waals surface area (Å²) in [5.41, 5.74) is 4.62. The largest absolute Gasteiger partial charge is 0.265 e. The van der Waals surface area contributed by atoms with Gasteiger partial charge >= 0.3 is 0 Å². The van der Waals surface area contributed by atoms with Crippen molar-refractivity contribution in [2.45, 2.75) is 17.7 Å². The van der Waals surface area contributed by atoms with Crippen molar-refractivity contribution < 1.29 is 4.98 Å². The summed E-state index contributed by atoms with van der Waals surface area (Å²) < 4.78 is 0. The number of hydrogen-bond donors (Lipinski definition) is 0. The molecule has 0 aromatic carbocycles. The van der Waals surface area contributed by atoms with Crippen molar-refractivity contribution in [1.29, 1.82) is 5.26 Å². The third-order valence-corrected chi connectivity index (χ3v) is 4.47. The lowest BCUT2D eigenvalue weighted by atomic mass is 10.1. The number of aromatic amines is 1. The molecule has 3 aromatic heterocycles. The minimum atomic E-state index is 0.646. The van der Waals surface area contributed by atoms with Crippen molar-refractivity contribution in [1.82, 2.24) is 9.97 Å². The Balaban J connectivity index is 1.94.